The van der Waals surface area contributed by atoms with Gasteiger partial charge in [0, 0.05) is 20.1 Å². The van der Waals surface area contributed by atoms with Crippen molar-refractivity contribution in [2.75, 3.05) is 57.8 Å². The Morgan fingerprint density at radius 1 is 0.714 bits per heavy atom. The first-order valence-electron chi connectivity index (χ1n) is 22.1. The number of phosphoric ester groups is 2. The van der Waals surface area contributed by atoms with Gasteiger partial charge in [-0.1, -0.05) is 4.98 Å². The number of H-pyrrole nitrogens is 2. The predicted octanol–water partition coefficient (Wildman–Crippen LogP) is -4.24. The van der Waals surface area contributed by atoms with Crippen molar-refractivity contribution in [2.24, 2.45) is 13.0 Å². The number of nitrogens with two attached hydrogens (primary N) is 3. The molecule has 0 aliphatic carbocycles. The van der Waals surface area contributed by atoms with Crippen molar-refractivity contribution in [3.05, 3.63) is 46.0 Å². The van der Waals surface area contributed by atoms with Crippen molar-refractivity contribution in [1.29, 1.82) is 0 Å². The molecule has 0 saturated carbocycles. The molecule has 5 unspecified atom stereocenters. The first kappa shape index (κ1) is 56.6. The van der Waals surface area contributed by atoms with Crippen LogP contribution in [0.1, 0.15) is 18.7 Å². The van der Waals surface area contributed by atoms with E-state index in [-0.39, 0.29) is 57.8 Å². The highest BCUT2D eigenvalue weighted by Crippen LogP contribution is 2.68. The van der Waals surface area contributed by atoms with Crippen LogP contribution in [0.15, 0.2) is 34.9 Å². The van der Waals surface area contributed by atoms with Crippen LogP contribution in [0, 0.1) is 5.92 Å². The van der Waals surface area contributed by atoms with Gasteiger partial charge in [-0.15, -0.1) is 0 Å². The number of nitrogens with zero attached hydrogens (tertiary/aromatic N) is 10. The molecule has 9 heterocycles. The van der Waals surface area contributed by atoms with Gasteiger partial charge < -0.3 is 75.8 Å². The first-order chi connectivity index (χ1) is 36.2. The topological polar surface area (TPSA) is 554 Å². The molecule has 77 heavy (non-hydrogen) atoms. The number of methoxy groups -OCH3 is 2. The van der Waals surface area contributed by atoms with E-state index in [4.69, 9.17) is 54.5 Å². The van der Waals surface area contributed by atoms with Gasteiger partial charge in [0.15, 0.2) is 41.4 Å². The summed E-state index contributed by atoms with van der Waals surface area (Å²) in [6, 6.07) is -1.64. The van der Waals surface area contributed by atoms with Crippen LogP contribution in [0.25, 0.3) is 33.5 Å². The molecular formula is C34H49N16O23P4+. The number of rotatable bonds is 21. The monoisotopic (exact) mass is 1170 g/mol. The van der Waals surface area contributed by atoms with E-state index in [1.807, 2.05) is 0 Å². The summed E-state index contributed by atoms with van der Waals surface area (Å²) in [7, 11) is -19.2. The van der Waals surface area contributed by atoms with Crippen molar-refractivity contribution in [3.8, 4) is 0 Å². The van der Waals surface area contributed by atoms with Crippen LogP contribution in [0.2, 0.25) is 0 Å². The van der Waals surface area contributed by atoms with Gasteiger partial charge in [0.2, 0.25) is 17.7 Å². The van der Waals surface area contributed by atoms with Crippen LogP contribution in [0.4, 0.5) is 17.7 Å². The Morgan fingerprint density at radius 3 is 2.00 bits per heavy atom. The average molecular weight is 1170 g/mol. The van der Waals surface area contributed by atoms with Crippen molar-refractivity contribution >= 4 is 82.4 Å². The molecule has 0 spiro atoms. The zero-order chi connectivity index (χ0) is 55.7. The summed E-state index contributed by atoms with van der Waals surface area (Å²) >= 11 is 0. The summed E-state index contributed by atoms with van der Waals surface area (Å²) in [5.74, 6) is -1.67. The number of hydrogen-bond acceptors (Lipinski definition) is 28. The van der Waals surface area contributed by atoms with Gasteiger partial charge in [-0.25, -0.2) is 47.9 Å². The summed E-state index contributed by atoms with van der Waals surface area (Å²) in [6.45, 7) is -3.30. The normalized spacial score (nSPS) is 30.0. The number of nitrogen functional groups attached to an aromatic ring is 3. The molecule has 0 amide bonds. The van der Waals surface area contributed by atoms with E-state index in [0.717, 1.165) is 24.3 Å². The Bertz CT molecular complexity index is 3510. The van der Waals surface area contributed by atoms with Gasteiger partial charge in [-0.05, 0) is 0 Å². The third-order valence-corrected chi connectivity index (χ3v) is 17.6. The minimum atomic E-state index is -6.16. The molecular weight excluding hydrogens is 1120 g/mol. The fraction of sp³-hybridized carbons (Fsp3) is 0.559. The number of hydrogen-bond donors (Lipinski definition) is 13. The van der Waals surface area contributed by atoms with Gasteiger partial charge >= 0.3 is 36.9 Å². The average Bonchev–Trinajstić information content (AvgIpc) is 4.21. The Morgan fingerprint density at radius 2 is 1.32 bits per heavy atom. The zero-order valence-electron chi connectivity index (χ0n) is 39.7. The smallest absolute Gasteiger partial charge is 0.387 e. The molecule has 16 N–H and O–H groups in total. The maximum absolute atomic E-state index is 13.8. The molecule has 3 saturated heterocycles. The molecule has 6 aromatic heterocycles. The van der Waals surface area contributed by atoms with E-state index >= 15 is 0 Å². The molecule has 6 aromatic rings. The molecule has 3 fully saturated rings. The fourth-order valence-corrected chi connectivity index (χ4v) is 13.5. The highest BCUT2D eigenvalue weighted by atomic mass is 31.3. The Labute approximate surface area is 428 Å². The number of nitrogens with one attached hydrogen (secondary N) is 3. The SMILES string of the molecule is COC[C@H]1[C@@H](O)[C@H]([n+]2cn(C)c3c(=O)[nH]c(N)nc32)O[C@@H]1COP(=O)(O)OP(=O)(O)OP(=O)(O)OCC1O[C@@H](n2cnc3c(N)ncnc32)[C@H](OC)[C@@H]1NP(=O)(O)OC[C@H]1O[C@@H](n2cnc3c(=O)[nH]c(N)nc32)[C@H](O)[C@@H]1O. The first-order valence-corrected chi connectivity index (χ1v) is 28.2. The lowest BCUT2D eigenvalue weighted by molar-refractivity contribution is -0.745. The van der Waals surface area contributed by atoms with E-state index in [1.54, 1.807) is 0 Å². The van der Waals surface area contributed by atoms with Gasteiger partial charge in [-0.2, -0.15) is 13.6 Å². The van der Waals surface area contributed by atoms with E-state index in [1.165, 1.54) is 40.5 Å². The number of imidazole rings is 3. The third kappa shape index (κ3) is 11.5. The third-order valence-electron chi connectivity index (χ3n) is 12.2. The number of fused-ring (bicyclic) bond motifs is 3. The minimum Gasteiger partial charge on any atom is -0.387 e. The van der Waals surface area contributed by atoms with Crippen molar-refractivity contribution in [1.82, 2.24) is 58.7 Å². The molecule has 9 rings (SSSR count). The van der Waals surface area contributed by atoms with Crippen LogP contribution in [0.5, 0.6) is 0 Å². The lowest BCUT2D eigenvalue weighted by Crippen LogP contribution is -2.45. The number of aliphatic hydroxyl groups excluding tert-OH is 3. The van der Waals surface area contributed by atoms with Gasteiger partial charge in [0.05, 0.1) is 58.3 Å². The number of aliphatic hydroxyl groups is 3. The largest absolute Gasteiger partial charge is 0.490 e. The van der Waals surface area contributed by atoms with Crippen LogP contribution < -0.4 is 38.0 Å². The van der Waals surface area contributed by atoms with Gasteiger partial charge in [-0.3, -0.25) is 46.8 Å². The molecule has 3 aliphatic heterocycles. The Balaban J connectivity index is 0.869. The minimum absolute atomic E-state index is 0.0164. The molecule has 0 bridgehead atoms. The van der Waals surface area contributed by atoms with Crippen molar-refractivity contribution in [3.63, 3.8) is 0 Å². The standard InChI is InChI=1S/C34H48N16O23P4/c1-47-11-50(27-19(47)29(55)45-34(37)43-27)30-20(51)12(4-64-2)13(69-30)5-67-75(58,59)72-77(62,63)73-76(60,61)68-6-14-16(23(65-3)32(70-14)48-9-40-17-24(35)38-8-39-25(17)48)46-74(56,57)66-7-15-21(52)22(53)31(71-15)49-10-41-18-26(49)42-33(36)44-28(18)54/h8-16,20-23,30-32,51-53H,4-7H2,1-3H3,(H12-,35,36,37,38,39,42,43,44,45,46,54,55,56,57,58,59,60,61,62,63)/p+1/t12-,13-,14?,15-,16-,20-,21-,22-,23-,30-,31-,32-/m1/s1. The number of phosphoric acid groups is 3. The molecule has 422 valence electrons. The molecule has 0 radical (unpaired) electrons. The summed E-state index contributed by atoms with van der Waals surface area (Å²) in [6.07, 6.45) is -10.5. The van der Waals surface area contributed by atoms with E-state index in [9.17, 15) is 62.7 Å². The van der Waals surface area contributed by atoms with Crippen molar-refractivity contribution in [2.45, 2.75) is 67.5 Å². The second-order valence-corrected chi connectivity index (χ2v) is 23.4. The lowest BCUT2D eigenvalue weighted by Gasteiger charge is -2.27. The van der Waals surface area contributed by atoms with E-state index < -0.39 is 136 Å². The van der Waals surface area contributed by atoms with Crippen LogP contribution >= 0.6 is 31.2 Å². The summed E-state index contributed by atoms with van der Waals surface area (Å²) < 4.78 is 111. The summed E-state index contributed by atoms with van der Waals surface area (Å²) in [4.78, 5) is 96.6. The molecule has 43 heteroatoms. The molecule has 16 atom stereocenters. The highest BCUT2D eigenvalue weighted by Gasteiger charge is 2.53. The maximum atomic E-state index is 13.8. The number of aryl methyl sites for hydroxylation is 1. The number of aromatic amines is 2. The van der Waals surface area contributed by atoms with Crippen LogP contribution in [-0.4, -0.2) is 178 Å². The molecule has 3 aliphatic rings. The fourth-order valence-electron chi connectivity index (χ4n) is 8.90. The second kappa shape index (κ2) is 21.5. The second-order valence-electron chi connectivity index (χ2n) is 17.2. The number of anilines is 3. The molecule has 0 aromatic carbocycles. The number of aromatic nitrogens is 12. The van der Waals surface area contributed by atoms with Gasteiger partial charge in [0.1, 0.15) is 48.5 Å². The Kier molecular flexibility index (Phi) is 15.8. The van der Waals surface area contributed by atoms with E-state index in [0.29, 0.717) is 0 Å². The van der Waals surface area contributed by atoms with E-state index in [2.05, 4.69) is 53.6 Å². The maximum Gasteiger partial charge on any atom is 0.490 e. The quantitative estimate of drug-likeness (QED) is 0.0240. The Hall–Kier alpha value is -5.15. The van der Waals surface area contributed by atoms with Crippen molar-refractivity contribution < 1.29 is 104 Å². The van der Waals surface area contributed by atoms with Crippen LogP contribution in [-0.2, 0) is 71.2 Å². The predicted molar refractivity (Wildman–Crippen MR) is 250 cm³/mol. The van der Waals surface area contributed by atoms with Crippen LogP contribution in [0.3, 0.4) is 0 Å². The highest BCUT2D eigenvalue weighted by molar-refractivity contribution is 7.66. The molecule has 39 nitrogen and oxygen atoms in total. The van der Waals surface area contributed by atoms with Gasteiger partial charge in [0.25, 0.3) is 17.1 Å². The lowest BCUT2D eigenvalue weighted by atomic mass is 9.99. The number of ether oxygens (including phenoxy) is 5. The summed E-state index contributed by atoms with van der Waals surface area (Å²) in [5, 5.41) is 35.3. The summed E-state index contributed by atoms with van der Waals surface area (Å²) in [5.41, 5.74) is 15.8. The zero-order valence-corrected chi connectivity index (χ0v) is 43.3.